The Bertz CT molecular complexity index is 237. The summed E-state index contributed by atoms with van der Waals surface area (Å²) in [6.45, 7) is 0. The van der Waals surface area contributed by atoms with E-state index in [4.69, 9.17) is 34.8 Å². The Labute approximate surface area is 119 Å². The first-order valence-electron chi connectivity index (χ1n) is 2.86. The van der Waals surface area contributed by atoms with E-state index < -0.39 is 17.4 Å². The third-order valence-electron chi connectivity index (χ3n) is 0.977. The second-order valence-corrected chi connectivity index (χ2v) is 6.03. The number of rotatable bonds is 3. The fourth-order valence-corrected chi connectivity index (χ4v) is 1.44. The molecule has 1 amide bonds. The smallest absolute Gasteiger partial charge is 0.296 e. The molecule has 0 unspecified atom stereocenters. The molecule has 0 aliphatic heterocycles. The quantitative estimate of drug-likeness (QED) is 0.486. The van der Waals surface area contributed by atoms with Crippen molar-refractivity contribution in [3.05, 3.63) is 0 Å². The van der Waals surface area contributed by atoms with Gasteiger partial charge in [-0.15, -0.1) is 0 Å². The largest absolute Gasteiger partial charge is 0.434 e. The van der Waals surface area contributed by atoms with Gasteiger partial charge in [0.15, 0.2) is 0 Å². The second kappa shape index (κ2) is 6.94. The second-order valence-electron chi connectivity index (χ2n) is 1.80. The van der Waals surface area contributed by atoms with E-state index in [1.54, 1.807) is 0 Å². The van der Waals surface area contributed by atoms with Gasteiger partial charge in [-0.25, -0.2) is 4.57 Å². The molecule has 14 heavy (non-hydrogen) atoms. The summed E-state index contributed by atoms with van der Waals surface area (Å²) in [5, 5.41) is 1.81. The minimum atomic E-state index is -3.69. The number of halogens is 3. The zero-order valence-electron chi connectivity index (χ0n) is 7.71. The van der Waals surface area contributed by atoms with Crippen LogP contribution in [0.2, 0.25) is 0 Å². The van der Waals surface area contributed by atoms with Gasteiger partial charge in [0, 0.05) is 43.8 Å². The fourth-order valence-electron chi connectivity index (χ4n) is 0.354. The van der Waals surface area contributed by atoms with Gasteiger partial charge in [-0.05, 0) is 0 Å². The van der Waals surface area contributed by atoms with Gasteiger partial charge in [-0.1, -0.05) is 34.8 Å². The molecule has 0 rings (SSSR count). The van der Waals surface area contributed by atoms with Gasteiger partial charge < -0.3 is 0 Å². The molecule has 0 spiro atoms. The van der Waals surface area contributed by atoms with Crippen molar-refractivity contribution in [2.45, 2.75) is 3.79 Å². The molecular weight excluding hydrogens is 286 g/mol. The molecule has 0 aromatic rings. The summed E-state index contributed by atoms with van der Waals surface area (Å²) in [6.07, 6.45) is 0. The van der Waals surface area contributed by atoms with E-state index >= 15 is 0 Å². The molecule has 0 aliphatic carbocycles. The summed E-state index contributed by atoms with van der Waals surface area (Å²) >= 11 is 15.6. The number of carbonyl (C=O) groups is 1. The van der Waals surface area contributed by atoms with Crippen molar-refractivity contribution in [2.75, 3.05) is 14.2 Å². The van der Waals surface area contributed by atoms with Crippen LogP contribution in [-0.4, -0.2) is 53.5 Å². The molecule has 1 radical (unpaired) electrons. The fraction of sp³-hybridized carbons (Fsp3) is 0.750. The van der Waals surface area contributed by atoms with Crippen molar-refractivity contribution in [2.24, 2.45) is 0 Å². The van der Waals surface area contributed by atoms with Gasteiger partial charge in [-0.2, -0.15) is 0 Å². The molecule has 0 saturated heterocycles. The topological polar surface area (TPSA) is 64.6 Å². The van der Waals surface area contributed by atoms with Crippen molar-refractivity contribution >= 4 is 78.0 Å². The minimum Gasteiger partial charge on any atom is -0.296 e. The number of carbonyl (C=O) groups excluding carboxylic acids is 1. The molecular formula is C4H7Cl3NNaO4P. The van der Waals surface area contributed by atoms with E-state index in [0.717, 1.165) is 14.2 Å². The summed E-state index contributed by atoms with van der Waals surface area (Å²) < 4.78 is 17.8. The van der Waals surface area contributed by atoms with Gasteiger partial charge in [0.25, 0.3) is 9.70 Å². The maximum Gasteiger partial charge on any atom is 0.434 e. The molecule has 0 heterocycles. The van der Waals surface area contributed by atoms with Gasteiger partial charge >= 0.3 is 7.75 Å². The SMILES string of the molecule is COP(=O)(NC(=O)C(Cl)(Cl)Cl)OC.[Na]. The zero-order chi connectivity index (χ0) is 10.7. The van der Waals surface area contributed by atoms with Crippen molar-refractivity contribution in [3.63, 3.8) is 0 Å². The van der Waals surface area contributed by atoms with Crippen LogP contribution in [0.4, 0.5) is 0 Å². The number of amides is 1. The molecule has 0 aliphatic rings. The van der Waals surface area contributed by atoms with Crippen LogP contribution in [0.25, 0.3) is 0 Å². The van der Waals surface area contributed by atoms with Gasteiger partial charge in [0.1, 0.15) is 0 Å². The summed E-state index contributed by atoms with van der Waals surface area (Å²) in [5.74, 6) is -1.08. The third-order valence-corrected chi connectivity index (χ3v) is 2.93. The molecule has 10 heteroatoms. The van der Waals surface area contributed by atoms with Gasteiger partial charge in [0.2, 0.25) is 0 Å². The molecule has 1 N–H and O–H groups in total. The predicted molar refractivity (Wildman–Crippen MR) is 55.8 cm³/mol. The van der Waals surface area contributed by atoms with Crippen LogP contribution in [0.1, 0.15) is 0 Å². The van der Waals surface area contributed by atoms with Crippen LogP contribution in [0, 0.1) is 0 Å². The first-order valence-corrected chi connectivity index (χ1v) is 5.54. The maximum absolute atomic E-state index is 11.3. The molecule has 0 aromatic carbocycles. The number of alkyl halides is 3. The Balaban J connectivity index is 0. The summed E-state index contributed by atoms with van der Waals surface area (Å²) in [6, 6.07) is 0. The van der Waals surface area contributed by atoms with E-state index in [0.29, 0.717) is 0 Å². The van der Waals surface area contributed by atoms with Crippen molar-refractivity contribution in [1.29, 1.82) is 0 Å². The molecule has 0 atom stereocenters. The van der Waals surface area contributed by atoms with Crippen molar-refractivity contribution < 1.29 is 18.4 Å². The molecule has 0 bridgehead atoms. The van der Waals surface area contributed by atoms with E-state index in [2.05, 4.69) is 9.05 Å². The van der Waals surface area contributed by atoms with Crippen LogP contribution in [-0.2, 0) is 18.4 Å². The number of hydrogen-bond donors (Lipinski definition) is 1. The molecule has 0 fully saturated rings. The van der Waals surface area contributed by atoms with Gasteiger partial charge in [-0.3, -0.25) is 18.9 Å². The Morgan fingerprint density at radius 3 is 1.86 bits per heavy atom. The van der Waals surface area contributed by atoms with Crippen LogP contribution in [0.3, 0.4) is 0 Å². The third kappa shape index (κ3) is 6.16. The maximum atomic E-state index is 11.3. The molecule has 0 aromatic heterocycles. The monoisotopic (exact) mass is 292 g/mol. The Hall–Kier alpha value is 1.49. The normalized spacial score (nSPS) is 11.8. The average molecular weight is 293 g/mol. The van der Waals surface area contributed by atoms with E-state index in [9.17, 15) is 9.36 Å². The molecule has 79 valence electrons. The average Bonchev–Trinajstić information content (AvgIpc) is 2.02. The first kappa shape index (κ1) is 17.9. The van der Waals surface area contributed by atoms with Crippen LogP contribution in [0.15, 0.2) is 0 Å². The van der Waals surface area contributed by atoms with Crippen LogP contribution < -0.4 is 5.09 Å². The Morgan fingerprint density at radius 1 is 1.29 bits per heavy atom. The first-order chi connectivity index (χ1) is 5.75. The van der Waals surface area contributed by atoms with E-state index in [-0.39, 0.29) is 29.6 Å². The summed E-state index contributed by atoms with van der Waals surface area (Å²) in [4.78, 5) is 11.0. The Kier molecular flexibility index (Phi) is 8.86. The summed E-state index contributed by atoms with van der Waals surface area (Å²) in [7, 11) is -1.51. The molecule has 0 saturated carbocycles. The number of nitrogens with one attached hydrogen (secondary N) is 1. The number of hydrogen-bond acceptors (Lipinski definition) is 4. The summed E-state index contributed by atoms with van der Waals surface area (Å²) in [5.41, 5.74) is 0. The minimum absolute atomic E-state index is 0. The van der Waals surface area contributed by atoms with Gasteiger partial charge in [0.05, 0.1) is 0 Å². The van der Waals surface area contributed by atoms with E-state index in [1.165, 1.54) is 0 Å². The zero-order valence-corrected chi connectivity index (χ0v) is 12.9. The molecule has 5 nitrogen and oxygen atoms in total. The van der Waals surface area contributed by atoms with Crippen LogP contribution in [0.5, 0.6) is 0 Å². The Morgan fingerprint density at radius 2 is 1.64 bits per heavy atom. The standard InChI is InChI=1S/C4H7Cl3NO4P.Na/c1-11-13(10,12-2)8-3(9)4(5,6)7;/h1-2H3,(H,8,9,10);. The van der Waals surface area contributed by atoms with Crippen molar-refractivity contribution in [3.8, 4) is 0 Å². The van der Waals surface area contributed by atoms with E-state index in [1.807, 2.05) is 5.09 Å². The van der Waals surface area contributed by atoms with Crippen LogP contribution >= 0.6 is 42.5 Å². The van der Waals surface area contributed by atoms with Crippen molar-refractivity contribution in [1.82, 2.24) is 5.09 Å². The predicted octanol–water partition coefficient (Wildman–Crippen LogP) is 1.49.